The maximum atomic E-state index is 14.3. The summed E-state index contributed by atoms with van der Waals surface area (Å²) in [4.78, 5) is 12.7. The summed E-state index contributed by atoms with van der Waals surface area (Å²) in [6, 6.07) is 13.5. The highest BCUT2D eigenvalue weighted by molar-refractivity contribution is 6.62. The van der Waals surface area contributed by atoms with E-state index in [1.165, 1.54) is 24.6 Å². The lowest BCUT2D eigenvalue weighted by Gasteiger charge is -2.21. The highest BCUT2D eigenvalue weighted by Crippen LogP contribution is 2.34. The second kappa shape index (κ2) is 8.46. The molecular formula is C26H22BFN2O4. The van der Waals surface area contributed by atoms with Crippen molar-refractivity contribution in [2.45, 2.75) is 26.8 Å². The highest BCUT2D eigenvalue weighted by Gasteiger charge is 2.25. The predicted molar refractivity (Wildman–Crippen MR) is 132 cm³/mol. The summed E-state index contributed by atoms with van der Waals surface area (Å²) >= 11 is 0. The Morgan fingerprint density at radius 3 is 2.76 bits per heavy atom. The number of anilines is 1. The second-order valence-electron chi connectivity index (χ2n) is 8.57. The smallest absolute Gasteiger partial charge is 0.463 e. The molecule has 0 spiro atoms. The standard InChI is InChI=1S/C26H22BFN2O4/c1-14-8-20(26-22(9-14)25(31)15(2)13-33-26)16(3)30-24-7-5-19(28)11-21(24)17-4-6-23-18(10-17)12-29-34-27(23)32/h4-13,16,30,32H,1-3H3/t16-/m0/s1. The van der Waals surface area contributed by atoms with Gasteiger partial charge in [-0.25, -0.2) is 4.39 Å². The maximum absolute atomic E-state index is 14.3. The van der Waals surface area contributed by atoms with Gasteiger partial charge in [0.25, 0.3) is 0 Å². The fourth-order valence-electron chi connectivity index (χ4n) is 4.31. The van der Waals surface area contributed by atoms with Crippen molar-refractivity contribution in [3.8, 4) is 11.1 Å². The number of rotatable bonds is 4. The Balaban J connectivity index is 1.57. The zero-order valence-corrected chi connectivity index (χ0v) is 18.9. The topological polar surface area (TPSA) is 84.1 Å². The molecule has 6 nitrogen and oxygen atoms in total. The average molecular weight is 456 g/mol. The molecule has 1 aliphatic heterocycles. The van der Waals surface area contributed by atoms with E-state index in [0.717, 1.165) is 16.7 Å². The summed E-state index contributed by atoms with van der Waals surface area (Å²) in [6.07, 6.45) is 3.00. The van der Waals surface area contributed by atoms with Crippen LogP contribution in [-0.2, 0) is 4.76 Å². The van der Waals surface area contributed by atoms with Crippen molar-refractivity contribution in [3.63, 3.8) is 0 Å². The summed E-state index contributed by atoms with van der Waals surface area (Å²) < 4.78 is 25.0. The first-order chi connectivity index (χ1) is 16.3. The SMILES string of the molecule is Cc1cc([C@H](C)Nc2ccc(F)cc2-c2ccc3c(c2)C=NOB3O)c2occ(C)c(=O)c2c1. The van der Waals surface area contributed by atoms with Gasteiger partial charge in [-0.3, -0.25) is 4.79 Å². The molecular weight excluding hydrogens is 434 g/mol. The average Bonchev–Trinajstić information content (AvgIpc) is 2.82. The van der Waals surface area contributed by atoms with Crippen molar-refractivity contribution in [1.82, 2.24) is 0 Å². The fraction of sp³-hybridized carbons (Fsp3) is 0.154. The van der Waals surface area contributed by atoms with Crippen molar-refractivity contribution in [2.75, 3.05) is 5.32 Å². The molecule has 1 aromatic heterocycles. The van der Waals surface area contributed by atoms with Crippen LogP contribution >= 0.6 is 0 Å². The number of nitrogens with one attached hydrogen (secondary N) is 1. The number of oxime groups is 1. The van der Waals surface area contributed by atoms with E-state index >= 15 is 0 Å². The lowest BCUT2D eigenvalue weighted by atomic mass is 9.75. The van der Waals surface area contributed by atoms with Gasteiger partial charge in [0, 0.05) is 27.8 Å². The molecule has 0 fully saturated rings. The molecule has 0 saturated carbocycles. The largest absolute Gasteiger partial charge is 0.583 e. The van der Waals surface area contributed by atoms with E-state index in [2.05, 4.69) is 10.5 Å². The van der Waals surface area contributed by atoms with Gasteiger partial charge in [0.15, 0.2) is 5.43 Å². The van der Waals surface area contributed by atoms with E-state index in [-0.39, 0.29) is 17.3 Å². The van der Waals surface area contributed by atoms with Crippen LogP contribution in [-0.4, -0.2) is 18.4 Å². The monoisotopic (exact) mass is 456 g/mol. The summed E-state index contributed by atoms with van der Waals surface area (Å²) in [5, 5.41) is 17.7. The van der Waals surface area contributed by atoms with Crippen LogP contribution in [0.2, 0.25) is 0 Å². The van der Waals surface area contributed by atoms with Crippen LogP contribution in [0.3, 0.4) is 0 Å². The predicted octanol–water partition coefficient (Wildman–Crippen LogP) is 4.44. The number of halogens is 1. The first-order valence-corrected chi connectivity index (χ1v) is 10.9. The molecule has 0 aliphatic carbocycles. The third kappa shape index (κ3) is 3.86. The molecule has 0 bridgehead atoms. The van der Waals surface area contributed by atoms with Crippen molar-refractivity contribution in [3.05, 3.63) is 93.1 Å². The van der Waals surface area contributed by atoms with Gasteiger partial charge in [0.05, 0.1) is 23.9 Å². The van der Waals surface area contributed by atoms with Gasteiger partial charge < -0.3 is 19.5 Å². The molecule has 3 aromatic carbocycles. The van der Waals surface area contributed by atoms with Gasteiger partial charge in [-0.2, -0.15) is 0 Å². The van der Waals surface area contributed by atoms with E-state index < -0.39 is 7.12 Å². The number of hydrogen-bond acceptors (Lipinski definition) is 6. The first-order valence-electron chi connectivity index (χ1n) is 10.9. The molecule has 4 aromatic rings. The van der Waals surface area contributed by atoms with Crippen LogP contribution in [0.1, 0.15) is 35.2 Å². The summed E-state index contributed by atoms with van der Waals surface area (Å²) in [5.41, 5.74) is 6.22. The zero-order valence-electron chi connectivity index (χ0n) is 18.9. The van der Waals surface area contributed by atoms with E-state index in [9.17, 15) is 14.2 Å². The van der Waals surface area contributed by atoms with Crippen LogP contribution in [0, 0.1) is 19.7 Å². The van der Waals surface area contributed by atoms with Gasteiger partial charge in [0.1, 0.15) is 11.4 Å². The van der Waals surface area contributed by atoms with Crippen LogP contribution in [0.15, 0.2) is 69.2 Å². The van der Waals surface area contributed by atoms with E-state index in [4.69, 9.17) is 9.17 Å². The second-order valence-corrected chi connectivity index (χ2v) is 8.57. The van der Waals surface area contributed by atoms with Crippen LogP contribution in [0.4, 0.5) is 10.1 Å². The van der Waals surface area contributed by atoms with E-state index in [0.29, 0.717) is 38.8 Å². The van der Waals surface area contributed by atoms with Gasteiger partial charge >= 0.3 is 7.12 Å². The Morgan fingerprint density at radius 1 is 1.12 bits per heavy atom. The Labute approximate surface area is 195 Å². The Bertz CT molecular complexity index is 1520. The van der Waals surface area contributed by atoms with Crippen LogP contribution in [0.25, 0.3) is 22.1 Å². The molecule has 0 unspecified atom stereocenters. The van der Waals surface area contributed by atoms with Gasteiger partial charge in [-0.15, -0.1) is 5.16 Å². The zero-order chi connectivity index (χ0) is 24.0. The molecule has 1 aliphatic rings. The molecule has 1 atom stereocenters. The number of benzene rings is 3. The fourth-order valence-corrected chi connectivity index (χ4v) is 4.31. The molecule has 0 radical (unpaired) electrons. The number of fused-ring (bicyclic) bond motifs is 2. The first kappa shape index (κ1) is 21.9. The van der Waals surface area contributed by atoms with Crippen molar-refractivity contribution in [2.24, 2.45) is 5.16 Å². The quantitative estimate of drug-likeness (QED) is 0.444. The number of aryl methyl sites for hydroxylation is 2. The van der Waals surface area contributed by atoms with Crippen molar-refractivity contribution >= 4 is 35.5 Å². The van der Waals surface area contributed by atoms with E-state index in [1.54, 1.807) is 25.1 Å². The Morgan fingerprint density at radius 2 is 1.94 bits per heavy atom. The molecule has 2 N–H and O–H groups in total. The highest BCUT2D eigenvalue weighted by atomic mass is 19.1. The summed E-state index contributed by atoms with van der Waals surface area (Å²) in [5.74, 6) is -0.370. The minimum absolute atomic E-state index is 0.0530. The lowest BCUT2D eigenvalue weighted by Crippen LogP contribution is -2.37. The molecule has 8 heteroatoms. The summed E-state index contributed by atoms with van der Waals surface area (Å²) in [6.45, 7) is 5.64. The van der Waals surface area contributed by atoms with Gasteiger partial charge in [-0.05, 0) is 67.8 Å². The Kier molecular flexibility index (Phi) is 5.45. The number of hydrogen-bond donors (Lipinski definition) is 2. The number of nitrogens with zero attached hydrogens (tertiary/aromatic N) is 1. The van der Waals surface area contributed by atoms with Gasteiger partial charge in [-0.1, -0.05) is 18.2 Å². The molecule has 2 heterocycles. The normalized spacial score (nSPS) is 13.5. The molecule has 5 rings (SSSR count). The minimum atomic E-state index is -1.13. The van der Waals surface area contributed by atoms with Crippen molar-refractivity contribution in [1.29, 1.82) is 0 Å². The van der Waals surface area contributed by atoms with Gasteiger partial charge in [0.2, 0.25) is 0 Å². The lowest BCUT2D eigenvalue weighted by molar-refractivity contribution is 0.286. The Hall–Kier alpha value is -3.91. The van der Waals surface area contributed by atoms with E-state index in [1.807, 2.05) is 32.0 Å². The molecule has 0 saturated heterocycles. The van der Waals surface area contributed by atoms with Crippen molar-refractivity contribution < 1.29 is 18.6 Å². The molecule has 0 amide bonds. The summed E-state index contributed by atoms with van der Waals surface area (Å²) in [7, 11) is -1.13. The maximum Gasteiger partial charge on any atom is 0.583 e. The van der Waals surface area contributed by atoms with Crippen LogP contribution in [0.5, 0.6) is 0 Å². The molecule has 170 valence electrons. The molecule has 34 heavy (non-hydrogen) atoms. The van der Waals surface area contributed by atoms with Crippen LogP contribution < -0.4 is 16.2 Å². The third-order valence-electron chi connectivity index (χ3n) is 6.05. The minimum Gasteiger partial charge on any atom is -0.463 e. The third-order valence-corrected chi connectivity index (χ3v) is 6.05.